The highest BCUT2D eigenvalue weighted by Gasteiger charge is 2.26. The number of sulfonamides is 1. The molecule has 2 N–H and O–H groups in total. The molecule has 0 aliphatic carbocycles. The van der Waals surface area contributed by atoms with Crippen LogP contribution in [-0.2, 0) is 27.8 Å². The van der Waals surface area contributed by atoms with Crippen LogP contribution in [0.1, 0.15) is 18.2 Å². The van der Waals surface area contributed by atoms with E-state index in [1.165, 1.54) is 12.1 Å². The van der Waals surface area contributed by atoms with Gasteiger partial charge in [0.2, 0.25) is 10.0 Å². The lowest BCUT2D eigenvalue weighted by Gasteiger charge is -2.21. The van der Waals surface area contributed by atoms with Crippen LogP contribution in [0.2, 0.25) is 5.02 Å². The van der Waals surface area contributed by atoms with Gasteiger partial charge in [-0.05, 0) is 43.3 Å². The number of fused-ring (bicyclic) bond motifs is 1. The lowest BCUT2D eigenvalue weighted by Crippen LogP contribution is -2.20. The maximum atomic E-state index is 11.5. The van der Waals surface area contributed by atoms with Crippen LogP contribution in [0, 0.1) is 0 Å². The molecule has 27 heavy (non-hydrogen) atoms. The largest absolute Gasteiger partial charge is 0.373 e. The molecule has 0 saturated carbocycles. The molecule has 0 unspecified atom stereocenters. The van der Waals surface area contributed by atoms with E-state index in [1.54, 1.807) is 12.1 Å². The maximum Gasteiger partial charge on any atom is 0.238 e. The number of hydrogen-bond donors (Lipinski definition) is 1. The smallest absolute Gasteiger partial charge is 0.238 e. The Morgan fingerprint density at radius 3 is 2.44 bits per heavy atom. The van der Waals surface area contributed by atoms with Crippen LogP contribution in [0.15, 0.2) is 53.4 Å². The van der Waals surface area contributed by atoms with Crippen molar-refractivity contribution in [1.29, 1.82) is 0 Å². The fourth-order valence-electron chi connectivity index (χ4n) is 3.23. The second-order valence-electron chi connectivity index (χ2n) is 6.56. The van der Waals surface area contributed by atoms with Crippen molar-refractivity contribution in [3.63, 3.8) is 0 Å². The third-order valence-electron chi connectivity index (χ3n) is 4.61. The Balaban J connectivity index is 1.84. The Morgan fingerprint density at radius 1 is 1.15 bits per heavy atom. The van der Waals surface area contributed by atoms with Crippen molar-refractivity contribution >= 4 is 21.6 Å². The quantitative estimate of drug-likeness (QED) is 0.726. The van der Waals surface area contributed by atoms with Crippen molar-refractivity contribution in [3.05, 3.63) is 64.8 Å². The van der Waals surface area contributed by atoms with Crippen molar-refractivity contribution < 1.29 is 13.2 Å². The summed E-state index contributed by atoms with van der Waals surface area (Å²) in [6.07, 6.45) is 0.832. The number of primary sulfonamides is 1. The molecule has 2 aromatic carbocycles. The Bertz CT molecular complexity index is 1090. The number of nitrogens with zero attached hydrogens (tertiary/aromatic N) is 2. The summed E-state index contributed by atoms with van der Waals surface area (Å²) in [5.41, 5.74) is 4.59. The minimum Gasteiger partial charge on any atom is -0.373 e. The monoisotopic (exact) mass is 403 g/mol. The summed E-state index contributed by atoms with van der Waals surface area (Å²) in [5.74, 6) is 0. The van der Waals surface area contributed by atoms with Gasteiger partial charge in [0.05, 0.1) is 34.7 Å². The third kappa shape index (κ3) is 3.51. The SMILES string of the molecule is C[C@H]1Cc2c(c(-c3ccc(S(N)(=O)=O)cc3)nn2-c2ccc(Cl)cc2)CO1. The van der Waals surface area contributed by atoms with E-state index < -0.39 is 10.0 Å². The third-order valence-corrected chi connectivity index (χ3v) is 5.79. The summed E-state index contributed by atoms with van der Waals surface area (Å²) >= 11 is 6.01. The Hall–Kier alpha value is -2.19. The van der Waals surface area contributed by atoms with Crippen molar-refractivity contribution in [1.82, 2.24) is 9.78 Å². The number of hydrogen-bond acceptors (Lipinski definition) is 4. The van der Waals surface area contributed by atoms with E-state index in [2.05, 4.69) is 0 Å². The van der Waals surface area contributed by atoms with Crippen LogP contribution in [0.5, 0.6) is 0 Å². The second-order valence-corrected chi connectivity index (χ2v) is 8.56. The number of benzene rings is 2. The normalized spacial score (nSPS) is 16.9. The molecule has 3 aromatic rings. The molecule has 8 heteroatoms. The van der Waals surface area contributed by atoms with Gasteiger partial charge in [-0.2, -0.15) is 5.10 Å². The van der Waals surface area contributed by atoms with Gasteiger partial charge in [0.25, 0.3) is 0 Å². The molecule has 0 amide bonds. The number of aromatic nitrogens is 2. The average molecular weight is 404 g/mol. The van der Waals surface area contributed by atoms with Crippen LogP contribution >= 0.6 is 11.6 Å². The van der Waals surface area contributed by atoms with Gasteiger partial charge in [0, 0.05) is 22.6 Å². The first kappa shape index (κ1) is 18.2. The fraction of sp³-hybridized carbons (Fsp3) is 0.211. The van der Waals surface area contributed by atoms with Gasteiger partial charge in [-0.3, -0.25) is 0 Å². The van der Waals surface area contributed by atoms with E-state index >= 15 is 0 Å². The summed E-state index contributed by atoms with van der Waals surface area (Å²) in [7, 11) is -3.73. The number of rotatable bonds is 3. The van der Waals surface area contributed by atoms with Gasteiger partial charge in [-0.25, -0.2) is 18.2 Å². The maximum absolute atomic E-state index is 11.5. The molecule has 4 rings (SSSR count). The van der Waals surface area contributed by atoms with Gasteiger partial charge >= 0.3 is 0 Å². The first-order chi connectivity index (χ1) is 12.8. The molecule has 0 saturated heterocycles. The summed E-state index contributed by atoms with van der Waals surface area (Å²) < 4.78 is 30.7. The molecule has 1 aliphatic rings. The van der Waals surface area contributed by atoms with E-state index in [0.29, 0.717) is 11.6 Å². The lowest BCUT2D eigenvalue weighted by molar-refractivity contribution is 0.0401. The lowest BCUT2D eigenvalue weighted by atomic mass is 10.0. The van der Waals surface area contributed by atoms with Crippen molar-refractivity contribution in [2.24, 2.45) is 5.14 Å². The molecular formula is C19H18ClN3O3S. The predicted molar refractivity (Wildman–Crippen MR) is 103 cm³/mol. The van der Waals surface area contributed by atoms with Crippen molar-refractivity contribution in [2.45, 2.75) is 31.0 Å². The van der Waals surface area contributed by atoms with Crippen LogP contribution in [0.25, 0.3) is 16.9 Å². The highest BCUT2D eigenvalue weighted by Crippen LogP contribution is 2.33. The van der Waals surface area contributed by atoms with Crippen LogP contribution in [0.3, 0.4) is 0 Å². The highest BCUT2D eigenvalue weighted by atomic mass is 35.5. The van der Waals surface area contributed by atoms with Gasteiger partial charge < -0.3 is 4.74 Å². The Kier molecular flexibility index (Phi) is 4.55. The molecule has 1 aliphatic heterocycles. The van der Waals surface area contributed by atoms with Crippen LogP contribution in [0.4, 0.5) is 0 Å². The van der Waals surface area contributed by atoms with E-state index in [-0.39, 0.29) is 11.0 Å². The summed E-state index contributed by atoms with van der Waals surface area (Å²) in [6, 6.07) is 13.9. The van der Waals surface area contributed by atoms with E-state index in [1.807, 2.05) is 35.9 Å². The van der Waals surface area contributed by atoms with Gasteiger partial charge in [-0.1, -0.05) is 23.7 Å². The first-order valence-corrected chi connectivity index (χ1v) is 10.4. The standard InChI is InChI=1S/C19H18ClN3O3S/c1-12-10-18-17(11-26-12)19(13-2-8-16(9-3-13)27(21,24)25)22-23(18)15-6-4-14(20)5-7-15/h2-9,12H,10-11H2,1H3,(H2,21,24,25)/t12-/m0/s1. The molecule has 2 heterocycles. The van der Waals surface area contributed by atoms with Gasteiger partial charge in [0.1, 0.15) is 0 Å². The molecule has 140 valence electrons. The van der Waals surface area contributed by atoms with Gasteiger partial charge in [0.15, 0.2) is 0 Å². The summed E-state index contributed by atoms with van der Waals surface area (Å²) in [5, 5.41) is 10.6. The molecule has 1 atom stereocenters. The predicted octanol–water partition coefficient (Wildman–Crippen LogP) is 3.30. The zero-order valence-electron chi connectivity index (χ0n) is 14.6. The van der Waals surface area contributed by atoms with E-state index in [0.717, 1.165) is 34.6 Å². The molecule has 0 radical (unpaired) electrons. The van der Waals surface area contributed by atoms with Crippen LogP contribution in [-0.4, -0.2) is 24.3 Å². The second kappa shape index (κ2) is 6.76. The molecule has 0 spiro atoms. The molecule has 6 nitrogen and oxygen atoms in total. The Labute approximate surface area is 162 Å². The van der Waals surface area contributed by atoms with E-state index in [4.69, 9.17) is 26.6 Å². The zero-order valence-corrected chi connectivity index (χ0v) is 16.2. The summed E-state index contributed by atoms with van der Waals surface area (Å²) in [6.45, 7) is 2.49. The molecule has 1 aromatic heterocycles. The number of ether oxygens (including phenoxy) is 1. The summed E-state index contributed by atoms with van der Waals surface area (Å²) in [4.78, 5) is 0.0714. The highest BCUT2D eigenvalue weighted by molar-refractivity contribution is 7.89. The minimum absolute atomic E-state index is 0.0714. The molecule has 0 fully saturated rings. The average Bonchev–Trinajstić information content (AvgIpc) is 3.00. The zero-order chi connectivity index (χ0) is 19.2. The van der Waals surface area contributed by atoms with E-state index in [9.17, 15) is 8.42 Å². The minimum atomic E-state index is -3.73. The number of nitrogens with two attached hydrogens (primary N) is 1. The first-order valence-electron chi connectivity index (χ1n) is 8.44. The van der Waals surface area contributed by atoms with Crippen molar-refractivity contribution in [3.8, 4) is 16.9 Å². The molecular weight excluding hydrogens is 386 g/mol. The van der Waals surface area contributed by atoms with Crippen LogP contribution < -0.4 is 5.14 Å². The van der Waals surface area contributed by atoms with Crippen molar-refractivity contribution in [2.75, 3.05) is 0 Å². The number of halogens is 1. The molecule has 0 bridgehead atoms. The topological polar surface area (TPSA) is 87.2 Å². The van der Waals surface area contributed by atoms with Gasteiger partial charge in [-0.15, -0.1) is 0 Å². The Morgan fingerprint density at radius 2 is 1.81 bits per heavy atom. The fourth-order valence-corrected chi connectivity index (χ4v) is 3.88.